The fourth-order valence-corrected chi connectivity index (χ4v) is 3.87. The van der Waals surface area contributed by atoms with Crippen molar-refractivity contribution in [3.8, 4) is 22.8 Å². The van der Waals surface area contributed by atoms with Crippen molar-refractivity contribution in [2.75, 3.05) is 12.1 Å². The lowest BCUT2D eigenvalue weighted by Gasteiger charge is -2.15. The summed E-state index contributed by atoms with van der Waals surface area (Å²) in [7, 11) is 0. The van der Waals surface area contributed by atoms with Gasteiger partial charge in [-0.1, -0.05) is 18.2 Å². The molecule has 3 heterocycles. The Morgan fingerprint density at radius 2 is 1.66 bits per heavy atom. The summed E-state index contributed by atoms with van der Waals surface area (Å²) >= 11 is 0. The molecule has 1 aliphatic heterocycles. The maximum Gasteiger partial charge on any atom is 0.236 e. The van der Waals surface area contributed by atoms with E-state index in [1.807, 2.05) is 25.1 Å². The summed E-state index contributed by atoms with van der Waals surface area (Å²) in [5.74, 6) is 3.05. The summed E-state index contributed by atoms with van der Waals surface area (Å²) in [6.07, 6.45) is 0. The van der Waals surface area contributed by atoms with Crippen molar-refractivity contribution in [2.24, 2.45) is 0 Å². The first-order chi connectivity index (χ1) is 14.0. The SMILES string of the molecule is Cc1cc(C)n2c(Nc3c(C)cccc3C)c(-c3ccc4c(c3)OCO4)nc2n1. The molecule has 0 saturated carbocycles. The standard InChI is InChI=1S/C23H22N4O2/c1-13-6-5-7-14(2)20(13)25-22-21(17-8-9-18-19(11-17)29-12-28-18)26-23-24-15(3)10-16(4)27(22)23/h5-11,25H,12H2,1-4H3. The van der Waals surface area contributed by atoms with Crippen LogP contribution >= 0.6 is 0 Å². The van der Waals surface area contributed by atoms with Gasteiger partial charge < -0.3 is 14.8 Å². The number of imidazole rings is 1. The van der Waals surface area contributed by atoms with Gasteiger partial charge in [0.15, 0.2) is 11.5 Å². The monoisotopic (exact) mass is 386 g/mol. The molecule has 0 fully saturated rings. The third-order valence-electron chi connectivity index (χ3n) is 5.28. The van der Waals surface area contributed by atoms with E-state index in [-0.39, 0.29) is 6.79 Å². The first kappa shape index (κ1) is 17.6. The normalized spacial score (nSPS) is 12.6. The van der Waals surface area contributed by atoms with Gasteiger partial charge in [-0.2, -0.15) is 0 Å². The van der Waals surface area contributed by atoms with Gasteiger partial charge in [0.05, 0.1) is 0 Å². The Morgan fingerprint density at radius 3 is 2.45 bits per heavy atom. The largest absolute Gasteiger partial charge is 0.454 e. The summed E-state index contributed by atoms with van der Waals surface area (Å²) in [6, 6.07) is 14.3. The van der Waals surface area contributed by atoms with Crippen LogP contribution in [0.15, 0.2) is 42.5 Å². The van der Waals surface area contributed by atoms with Crippen molar-refractivity contribution in [1.29, 1.82) is 0 Å². The molecule has 4 aromatic rings. The summed E-state index contributed by atoms with van der Waals surface area (Å²) in [4.78, 5) is 9.54. The molecule has 6 heteroatoms. The first-order valence-corrected chi connectivity index (χ1v) is 9.61. The molecule has 29 heavy (non-hydrogen) atoms. The highest BCUT2D eigenvalue weighted by atomic mass is 16.7. The van der Waals surface area contributed by atoms with Crippen LogP contribution in [-0.4, -0.2) is 21.2 Å². The number of ether oxygens (including phenoxy) is 2. The summed E-state index contributed by atoms with van der Waals surface area (Å²) in [6.45, 7) is 8.52. The van der Waals surface area contributed by atoms with Crippen LogP contribution in [0.3, 0.4) is 0 Å². The summed E-state index contributed by atoms with van der Waals surface area (Å²) in [5, 5.41) is 3.65. The van der Waals surface area contributed by atoms with E-state index in [0.29, 0.717) is 5.78 Å². The number of aryl methyl sites for hydroxylation is 4. The summed E-state index contributed by atoms with van der Waals surface area (Å²) in [5.41, 5.74) is 7.22. The maximum absolute atomic E-state index is 5.58. The Labute approximate surface area is 169 Å². The number of hydrogen-bond donors (Lipinski definition) is 1. The third kappa shape index (κ3) is 2.88. The molecule has 0 atom stereocenters. The average Bonchev–Trinajstić information content (AvgIpc) is 3.28. The predicted molar refractivity (Wildman–Crippen MR) is 113 cm³/mol. The van der Waals surface area contributed by atoms with E-state index in [2.05, 4.69) is 59.7 Å². The highest BCUT2D eigenvalue weighted by molar-refractivity contribution is 5.81. The Morgan fingerprint density at radius 1 is 0.897 bits per heavy atom. The second-order valence-corrected chi connectivity index (χ2v) is 7.44. The van der Waals surface area contributed by atoms with Gasteiger partial charge in [0, 0.05) is 22.6 Å². The van der Waals surface area contributed by atoms with Gasteiger partial charge >= 0.3 is 0 Å². The molecule has 0 amide bonds. The molecule has 146 valence electrons. The number of hydrogen-bond acceptors (Lipinski definition) is 5. The van der Waals surface area contributed by atoms with Gasteiger partial charge in [0.25, 0.3) is 0 Å². The molecule has 0 saturated heterocycles. The Bertz CT molecular complexity index is 1240. The third-order valence-corrected chi connectivity index (χ3v) is 5.28. The number of aromatic nitrogens is 3. The van der Waals surface area contributed by atoms with Crippen LogP contribution in [0.25, 0.3) is 17.0 Å². The minimum Gasteiger partial charge on any atom is -0.454 e. The molecule has 0 unspecified atom stereocenters. The van der Waals surface area contributed by atoms with Gasteiger partial charge in [0.2, 0.25) is 12.6 Å². The van der Waals surface area contributed by atoms with Crippen LogP contribution in [0.5, 0.6) is 11.5 Å². The number of benzene rings is 2. The number of rotatable bonds is 3. The number of para-hydroxylation sites is 1. The van der Waals surface area contributed by atoms with E-state index in [1.54, 1.807) is 0 Å². The molecular weight excluding hydrogens is 364 g/mol. The summed E-state index contributed by atoms with van der Waals surface area (Å²) < 4.78 is 13.1. The zero-order valence-corrected chi connectivity index (χ0v) is 16.9. The van der Waals surface area contributed by atoms with E-state index < -0.39 is 0 Å². The van der Waals surface area contributed by atoms with Crippen molar-refractivity contribution in [3.05, 3.63) is 65.0 Å². The lowest BCUT2D eigenvalue weighted by atomic mass is 10.1. The minimum absolute atomic E-state index is 0.247. The highest BCUT2D eigenvalue weighted by Gasteiger charge is 2.21. The van der Waals surface area contributed by atoms with Crippen molar-refractivity contribution < 1.29 is 9.47 Å². The molecule has 0 bridgehead atoms. The van der Waals surface area contributed by atoms with Crippen LogP contribution in [-0.2, 0) is 0 Å². The van der Waals surface area contributed by atoms with E-state index in [4.69, 9.17) is 14.5 Å². The van der Waals surface area contributed by atoms with Gasteiger partial charge in [-0.05, 0) is 63.1 Å². The quantitative estimate of drug-likeness (QED) is 0.531. The zero-order valence-electron chi connectivity index (χ0n) is 16.9. The van der Waals surface area contributed by atoms with E-state index in [9.17, 15) is 0 Å². The molecule has 5 rings (SSSR count). The van der Waals surface area contributed by atoms with Gasteiger partial charge in [-0.3, -0.25) is 4.40 Å². The molecule has 1 aliphatic rings. The van der Waals surface area contributed by atoms with Crippen LogP contribution in [0, 0.1) is 27.7 Å². The van der Waals surface area contributed by atoms with Gasteiger partial charge in [-0.25, -0.2) is 9.97 Å². The molecular formula is C23H22N4O2. The molecule has 0 radical (unpaired) electrons. The van der Waals surface area contributed by atoms with Gasteiger partial charge in [0.1, 0.15) is 11.5 Å². The van der Waals surface area contributed by atoms with Crippen molar-refractivity contribution in [3.63, 3.8) is 0 Å². The van der Waals surface area contributed by atoms with E-state index in [0.717, 1.165) is 45.6 Å². The first-order valence-electron chi connectivity index (χ1n) is 9.61. The number of nitrogens with zero attached hydrogens (tertiary/aromatic N) is 3. The molecule has 0 aliphatic carbocycles. The second-order valence-electron chi connectivity index (χ2n) is 7.44. The van der Waals surface area contributed by atoms with Crippen LogP contribution in [0.4, 0.5) is 11.5 Å². The number of fused-ring (bicyclic) bond motifs is 2. The van der Waals surface area contributed by atoms with Crippen LogP contribution < -0.4 is 14.8 Å². The maximum atomic E-state index is 5.58. The zero-order chi connectivity index (χ0) is 20.1. The predicted octanol–water partition coefficient (Wildman–Crippen LogP) is 5.10. The smallest absolute Gasteiger partial charge is 0.236 e. The van der Waals surface area contributed by atoms with Gasteiger partial charge in [-0.15, -0.1) is 0 Å². The molecule has 2 aromatic carbocycles. The molecule has 2 aromatic heterocycles. The Balaban J connectivity index is 1.75. The van der Waals surface area contributed by atoms with Crippen LogP contribution in [0.2, 0.25) is 0 Å². The molecule has 0 spiro atoms. The lowest BCUT2D eigenvalue weighted by molar-refractivity contribution is 0.174. The number of nitrogens with one attached hydrogen (secondary N) is 1. The average molecular weight is 386 g/mol. The highest BCUT2D eigenvalue weighted by Crippen LogP contribution is 2.39. The topological polar surface area (TPSA) is 60.7 Å². The second kappa shape index (κ2) is 6.51. The van der Waals surface area contributed by atoms with Crippen molar-refractivity contribution in [1.82, 2.24) is 14.4 Å². The van der Waals surface area contributed by atoms with Crippen LogP contribution in [0.1, 0.15) is 22.5 Å². The Kier molecular flexibility index (Phi) is 3.94. The van der Waals surface area contributed by atoms with Crippen molar-refractivity contribution in [2.45, 2.75) is 27.7 Å². The minimum atomic E-state index is 0.247. The Hall–Kier alpha value is -3.54. The van der Waals surface area contributed by atoms with Crippen molar-refractivity contribution >= 4 is 17.3 Å². The molecule has 6 nitrogen and oxygen atoms in total. The molecule has 1 N–H and O–H groups in total. The van der Waals surface area contributed by atoms with E-state index >= 15 is 0 Å². The fraction of sp³-hybridized carbons (Fsp3) is 0.217. The number of anilines is 2. The fourth-order valence-electron chi connectivity index (χ4n) is 3.87. The van der Waals surface area contributed by atoms with E-state index in [1.165, 1.54) is 11.1 Å². The lowest BCUT2D eigenvalue weighted by Crippen LogP contribution is -2.03.